The number of hydrogen-bond acceptors (Lipinski definition) is 6. The average molecular weight is 320 g/mol. The second-order valence-electron chi connectivity index (χ2n) is 6.93. The van der Waals surface area contributed by atoms with E-state index in [9.17, 15) is 4.79 Å². The van der Waals surface area contributed by atoms with E-state index in [4.69, 9.17) is 9.26 Å². The lowest BCUT2D eigenvalue weighted by atomic mass is 10.1. The van der Waals surface area contributed by atoms with Crippen molar-refractivity contribution in [1.82, 2.24) is 20.4 Å². The number of hydrogen-bond donors (Lipinski definition) is 1. The van der Waals surface area contributed by atoms with Gasteiger partial charge in [0.15, 0.2) is 5.82 Å². The fourth-order valence-corrected chi connectivity index (χ4v) is 3.43. The Morgan fingerprint density at radius 2 is 2.22 bits per heavy atom. The molecule has 23 heavy (non-hydrogen) atoms. The van der Waals surface area contributed by atoms with E-state index in [-0.39, 0.29) is 11.9 Å². The Kier molecular flexibility index (Phi) is 4.31. The van der Waals surface area contributed by atoms with Crippen LogP contribution in [0, 0.1) is 5.92 Å². The monoisotopic (exact) mass is 320 g/mol. The molecule has 2 atom stereocenters. The van der Waals surface area contributed by atoms with Crippen LogP contribution in [0.25, 0.3) is 0 Å². The van der Waals surface area contributed by atoms with Crippen LogP contribution in [0.4, 0.5) is 0 Å². The number of amides is 1. The molecule has 3 fully saturated rings. The summed E-state index contributed by atoms with van der Waals surface area (Å²) >= 11 is 0. The Balaban J connectivity index is 1.30. The summed E-state index contributed by atoms with van der Waals surface area (Å²) in [5, 5.41) is 7.18. The van der Waals surface area contributed by atoms with Gasteiger partial charge in [-0.15, -0.1) is 0 Å². The zero-order valence-electron chi connectivity index (χ0n) is 13.4. The summed E-state index contributed by atoms with van der Waals surface area (Å²) in [6, 6.07) is 0.117. The maximum Gasteiger partial charge on any atom is 0.234 e. The maximum atomic E-state index is 12.2. The van der Waals surface area contributed by atoms with Crippen LogP contribution in [0.5, 0.6) is 0 Å². The molecule has 7 heteroatoms. The Hall–Kier alpha value is -1.47. The zero-order valence-corrected chi connectivity index (χ0v) is 13.4. The first-order valence-electron chi connectivity index (χ1n) is 8.71. The summed E-state index contributed by atoms with van der Waals surface area (Å²) < 4.78 is 10.7. The highest BCUT2D eigenvalue weighted by molar-refractivity contribution is 5.78. The number of carbonyl (C=O) groups excluding carboxylic acids is 1. The molecule has 0 bridgehead atoms. The molecule has 0 aromatic carbocycles. The molecule has 4 rings (SSSR count). The molecular weight excluding hydrogens is 296 g/mol. The first kappa shape index (κ1) is 15.1. The molecule has 1 saturated carbocycles. The molecule has 3 heterocycles. The van der Waals surface area contributed by atoms with E-state index < -0.39 is 0 Å². The molecule has 2 saturated heterocycles. The lowest BCUT2D eigenvalue weighted by Crippen LogP contribution is -2.39. The molecule has 0 spiro atoms. The van der Waals surface area contributed by atoms with Gasteiger partial charge >= 0.3 is 0 Å². The van der Waals surface area contributed by atoms with Gasteiger partial charge in [-0.05, 0) is 38.6 Å². The smallest absolute Gasteiger partial charge is 0.234 e. The van der Waals surface area contributed by atoms with Crippen LogP contribution in [-0.4, -0.2) is 53.8 Å². The molecule has 0 unspecified atom stereocenters. The third-order valence-electron chi connectivity index (χ3n) is 5.00. The number of carbonyl (C=O) groups is 1. The Morgan fingerprint density at radius 3 is 3.00 bits per heavy atom. The van der Waals surface area contributed by atoms with Crippen molar-refractivity contribution in [3.63, 3.8) is 0 Å². The highest BCUT2D eigenvalue weighted by atomic mass is 16.5. The van der Waals surface area contributed by atoms with Gasteiger partial charge in [0.25, 0.3) is 0 Å². The highest BCUT2D eigenvalue weighted by Crippen LogP contribution is 2.40. The van der Waals surface area contributed by atoms with Crippen LogP contribution < -0.4 is 5.32 Å². The van der Waals surface area contributed by atoms with E-state index in [1.54, 1.807) is 0 Å². The average Bonchev–Trinajstić information content (AvgIpc) is 2.99. The summed E-state index contributed by atoms with van der Waals surface area (Å²) in [5.74, 6) is 2.54. The standard InChI is InChI=1S/C16H24N4O3/c21-14(17-8-11-5-7-22-10-11)9-20-6-1-2-13(20)15-18-16(23-19-15)12-3-4-12/h11-13H,1-10H2,(H,17,21)/t11-,13-/m0/s1. The van der Waals surface area contributed by atoms with Crippen molar-refractivity contribution >= 4 is 5.91 Å². The summed E-state index contributed by atoms with van der Waals surface area (Å²) in [6.45, 7) is 3.62. The fraction of sp³-hybridized carbons (Fsp3) is 0.812. The molecule has 1 N–H and O–H groups in total. The fourth-order valence-electron chi connectivity index (χ4n) is 3.43. The Labute approximate surface area is 135 Å². The van der Waals surface area contributed by atoms with Gasteiger partial charge in [0.2, 0.25) is 11.8 Å². The van der Waals surface area contributed by atoms with E-state index in [1.165, 1.54) is 0 Å². The van der Waals surface area contributed by atoms with Gasteiger partial charge in [-0.3, -0.25) is 9.69 Å². The normalized spacial score (nSPS) is 28.3. The van der Waals surface area contributed by atoms with Crippen LogP contribution in [-0.2, 0) is 9.53 Å². The molecule has 0 radical (unpaired) electrons. The van der Waals surface area contributed by atoms with Crippen LogP contribution >= 0.6 is 0 Å². The van der Waals surface area contributed by atoms with Crippen molar-refractivity contribution < 1.29 is 14.1 Å². The number of ether oxygens (including phenoxy) is 1. The second-order valence-corrected chi connectivity index (χ2v) is 6.93. The van der Waals surface area contributed by atoms with Crippen molar-refractivity contribution in [2.45, 2.75) is 44.1 Å². The van der Waals surface area contributed by atoms with Gasteiger partial charge < -0.3 is 14.6 Å². The zero-order chi connectivity index (χ0) is 15.6. The van der Waals surface area contributed by atoms with Crippen molar-refractivity contribution in [2.24, 2.45) is 5.92 Å². The van der Waals surface area contributed by atoms with E-state index in [2.05, 4.69) is 20.4 Å². The number of aromatic nitrogens is 2. The number of likely N-dealkylation sites (tertiary alicyclic amines) is 1. The van der Waals surface area contributed by atoms with Crippen LogP contribution in [0.3, 0.4) is 0 Å². The molecule has 126 valence electrons. The van der Waals surface area contributed by atoms with Gasteiger partial charge in [-0.1, -0.05) is 5.16 Å². The third kappa shape index (κ3) is 3.55. The molecule has 7 nitrogen and oxygen atoms in total. The molecule has 3 aliphatic rings. The van der Waals surface area contributed by atoms with Crippen molar-refractivity contribution in [1.29, 1.82) is 0 Å². The number of nitrogens with zero attached hydrogens (tertiary/aromatic N) is 3. The van der Waals surface area contributed by atoms with Gasteiger partial charge in [-0.25, -0.2) is 0 Å². The second kappa shape index (κ2) is 6.57. The predicted molar refractivity (Wildman–Crippen MR) is 81.8 cm³/mol. The number of rotatable bonds is 6. The molecular formula is C16H24N4O3. The maximum absolute atomic E-state index is 12.2. The van der Waals surface area contributed by atoms with E-state index in [0.29, 0.717) is 24.9 Å². The summed E-state index contributed by atoms with van der Waals surface area (Å²) in [6.07, 6.45) is 5.42. The van der Waals surface area contributed by atoms with Crippen molar-refractivity contribution in [2.75, 3.05) is 32.8 Å². The molecule has 2 aliphatic heterocycles. The van der Waals surface area contributed by atoms with Gasteiger partial charge in [0, 0.05) is 25.0 Å². The van der Waals surface area contributed by atoms with Gasteiger partial charge in [0.05, 0.1) is 19.2 Å². The summed E-state index contributed by atoms with van der Waals surface area (Å²) in [7, 11) is 0. The van der Waals surface area contributed by atoms with Crippen LogP contribution in [0.15, 0.2) is 4.52 Å². The first-order valence-corrected chi connectivity index (χ1v) is 8.71. The third-order valence-corrected chi connectivity index (χ3v) is 5.00. The van der Waals surface area contributed by atoms with Crippen molar-refractivity contribution in [3.8, 4) is 0 Å². The Bertz CT molecular complexity index is 551. The summed E-state index contributed by atoms with van der Waals surface area (Å²) in [4.78, 5) is 18.9. The molecule has 1 aromatic heterocycles. The molecule has 1 amide bonds. The minimum Gasteiger partial charge on any atom is -0.381 e. The Morgan fingerprint density at radius 1 is 1.30 bits per heavy atom. The lowest BCUT2D eigenvalue weighted by molar-refractivity contribution is -0.122. The number of nitrogens with one attached hydrogen (secondary N) is 1. The van der Waals surface area contributed by atoms with Crippen molar-refractivity contribution in [3.05, 3.63) is 11.7 Å². The predicted octanol–water partition coefficient (Wildman–Crippen LogP) is 1.24. The first-order chi connectivity index (χ1) is 11.3. The molecule has 1 aromatic rings. The van der Waals surface area contributed by atoms with Gasteiger partial charge in [-0.2, -0.15) is 4.98 Å². The van der Waals surface area contributed by atoms with Gasteiger partial charge in [0.1, 0.15) is 0 Å². The quantitative estimate of drug-likeness (QED) is 0.849. The highest BCUT2D eigenvalue weighted by Gasteiger charge is 2.34. The van der Waals surface area contributed by atoms with Crippen LogP contribution in [0.2, 0.25) is 0 Å². The lowest BCUT2D eigenvalue weighted by Gasteiger charge is -2.21. The minimum absolute atomic E-state index is 0.0784. The minimum atomic E-state index is 0.0784. The SMILES string of the molecule is O=C(CN1CCC[C@H]1c1noc(C2CC2)n1)NC[C@@H]1CCOC1. The molecule has 1 aliphatic carbocycles. The largest absolute Gasteiger partial charge is 0.381 e. The van der Waals surface area contributed by atoms with E-state index in [1.807, 2.05) is 0 Å². The van der Waals surface area contributed by atoms with Crippen LogP contribution in [0.1, 0.15) is 55.8 Å². The van der Waals surface area contributed by atoms with E-state index in [0.717, 1.165) is 63.6 Å². The van der Waals surface area contributed by atoms with E-state index >= 15 is 0 Å². The topological polar surface area (TPSA) is 80.5 Å². The summed E-state index contributed by atoms with van der Waals surface area (Å²) in [5.41, 5.74) is 0.